The Hall–Kier alpha value is -0.560. The maximum absolute atomic E-state index is 11.6. The summed E-state index contributed by atoms with van der Waals surface area (Å²) in [6, 6.07) is 10.2. The monoisotopic (exact) mass is 481 g/mol. The topological polar surface area (TPSA) is 40.5 Å². The van der Waals surface area contributed by atoms with Gasteiger partial charge >= 0.3 is 6.09 Å². The van der Waals surface area contributed by atoms with Gasteiger partial charge in [0, 0.05) is 18.4 Å². The van der Waals surface area contributed by atoms with Crippen LogP contribution in [0.2, 0.25) is 5.02 Å². The van der Waals surface area contributed by atoms with Crippen LogP contribution in [-0.2, 0) is 0 Å². The number of hydrogen-bond donors (Lipinski definition) is 1. The van der Waals surface area contributed by atoms with Gasteiger partial charge in [-0.3, -0.25) is 0 Å². The average molecular weight is 484 g/mol. The van der Waals surface area contributed by atoms with Crippen LogP contribution >= 0.6 is 59.4 Å². The summed E-state index contributed by atoms with van der Waals surface area (Å²) in [5.74, 6) is 0. The third-order valence-electron chi connectivity index (χ3n) is 2.46. The molecule has 3 nitrogen and oxygen atoms in total. The molecule has 0 fully saturated rings. The molecule has 2 aromatic rings. The molecule has 104 valence electrons. The minimum Gasteiger partial charge on any atom is -0.464 e. The molecule has 0 aliphatic rings. The van der Waals surface area contributed by atoms with E-state index in [4.69, 9.17) is 11.6 Å². The molecule has 0 aliphatic carbocycles. The van der Waals surface area contributed by atoms with Gasteiger partial charge in [0.05, 0.1) is 11.4 Å². The molecule has 0 spiro atoms. The zero-order valence-corrected chi connectivity index (χ0v) is 15.3. The van der Waals surface area contributed by atoms with Crippen LogP contribution in [0.3, 0.4) is 0 Å². The van der Waals surface area contributed by atoms with Crippen LogP contribution in [0.15, 0.2) is 49.8 Å². The molecule has 20 heavy (non-hydrogen) atoms. The number of carbonyl (C=O) groups is 1. The van der Waals surface area contributed by atoms with Gasteiger partial charge in [-0.2, -0.15) is 0 Å². The van der Waals surface area contributed by atoms with Crippen molar-refractivity contribution in [1.82, 2.24) is 0 Å². The summed E-state index contributed by atoms with van der Waals surface area (Å²) < 4.78 is 2.11. The summed E-state index contributed by atoms with van der Waals surface area (Å²) in [6.07, 6.45) is -1.10. The Morgan fingerprint density at radius 2 is 1.70 bits per heavy atom. The second kappa shape index (κ2) is 6.47. The summed E-state index contributed by atoms with van der Waals surface area (Å²) in [5.41, 5.74) is 0.955. The quantitative estimate of drug-likeness (QED) is 0.533. The van der Waals surface area contributed by atoms with Gasteiger partial charge in [-0.25, -0.2) is 9.69 Å². The van der Waals surface area contributed by atoms with E-state index in [9.17, 15) is 9.90 Å². The third kappa shape index (κ3) is 3.36. The summed E-state index contributed by atoms with van der Waals surface area (Å²) in [5, 5.41) is 9.99. The predicted octanol–water partition coefficient (Wildman–Crippen LogP) is 6.44. The highest BCUT2D eigenvalue weighted by atomic mass is 79.9. The van der Waals surface area contributed by atoms with Crippen molar-refractivity contribution in [1.29, 1.82) is 0 Å². The van der Waals surface area contributed by atoms with Gasteiger partial charge < -0.3 is 5.11 Å². The van der Waals surface area contributed by atoms with E-state index in [2.05, 4.69) is 47.8 Å². The van der Waals surface area contributed by atoms with E-state index in [-0.39, 0.29) is 0 Å². The standard InChI is InChI=1S/C13H7Br3ClNO2/c14-7-4-10(15)12(11(16)5-7)18(13(19)20)9-3-1-2-8(17)6-9/h1-6H,(H,19,20). The van der Waals surface area contributed by atoms with Gasteiger partial charge in [-0.15, -0.1) is 0 Å². The molecule has 7 heteroatoms. The molecule has 0 radical (unpaired) electrons. The Labute approximate surface area is 145 Å². The van der Waals surface area contributed by atoms with Crippen molar-refractivity contribution in [2.75, 3.05) is 4.90 Å². The van der Waals surface area contributed by atoms with E-state index in [0.29, 0.717) is 25.3 Å². The van der Waals surface area contributed by atoms with Crippen molar-refractivity contribution in [2.24, 2.45) is 0 Å². The fourth-order valence-corrected chi connectivity index (χ4v) is 4.50. The Balaban J connectivity index is 2.64. The average Bonchev–Trinajstić information content (AvgIpc) is 2.32. The van der Waals surface area contributed by atoms with Crippen LogP contribution < -0.4 is 4.90 Å². The van der Waals surface area contributed by atoms with Crippen molar-refractivity contribution in [3.63, 3.8) is 0 Å². The lowest BCUT2D eigenvalue weighted by Crippen LogP contribution is -2.24. The Morgan fingerprint density at radius 3 is 2.20 bits per heavy atom. The lowest BCUT2D eigenvalue weighted by molar-refractivity contribution is 0.204. The van der Waals surface area contributed by atoms with Crippen LogP contribution in [0.25, 0.3) is 0 Å². The molecule has 0 unspecified atom stereocenters. The van der Waals surface area contributed by atoms with Crippen molar-refractivity contribution in [2.45, 2.75) is 0 Å². The zero-order valence-electron chi connectivity index (χ0n) is 9.78. The van der Waals surface area contributed by atoms with E-state index in [1.165, 1.54) is 0 Å². The summed E-state index contributed by atoms with van der Waals surface area (Å²) in [7, 11) is 0. The smallest absolute Gasteiger partial charge is 0.416 e. The molecule has 0 saturated heterocycles. The molecule has 0 saturated carbocycles. The number of carboxylic acid groups (broad SMARTS) is 1. The number of benzene rings is 2. The van der Waals surface area contributed by atoms with Crippen LogP contribution in [0.5, 0.6) is 0 Å². The van der Waals surface area contributed by atoms with Crippen LogP contribution in [0.4, 0.5) is 16.2 Å². The van der Waals surface area contributed by atoms with Gasteiger partial charge in [0.15, 0.2) is 0 Å². The molecule has 0 aromatic heterocycles. The highest BCUT2D eigenvalue weighted by Crippen LogP contribution is 2.40. The molecule has 2 aromatic carbocycles. The highest BCUT2D eigenvalue weighted by molar-refractivity contribution is 9.11. The normalized spacial score (nSPS) is 10.4. The van der Waals surface area contributed by atoms with Crippen LogP contribution in [-0.4, -0.2) is 11.2 Å². The van der Waals surface area contributed by atoms with E-state index >= 15 is 0 Å². The summed E-state index contributed by atoms with van der Waals surface area (Å²) in [4.78, 5) is 12.8. The predicted molar refractivity (Wildman–Crippen MR) is 91.2 cm³/mol. The molecule has 1 N–H and O–H groups in total. The SMILES string of the molecule is O=C(O)N(c1cccc(Cl)c1)c1c(Br)cc(Br)cc1Br. The number of amides is 1. The van der Waals surface area contributed by atoms with Gasteiger partial charge in [-0.05, 0) is 62.2 Å². The van der Waals surface area contributed by atoms with Crippen LogP contribution in [0, 0.1) is 0 Å². The van der Waals surface area contributed by atoms with Gasteiger partial charge in [-0.1, -0.05) is 33.6 Å². The molecule has 0 bridgehead atoms. The minimum absolute atomic E-state index is 0.466. The number of hydrogen-bond acceptors (Lipinski definition) is 1. The second-order valence-corrected chi connectivity index (χ2v) is 6.88. The largest absolute Gasteiger partial charge is 0.464 e. The fourth-order valence-electron chi connectivity index (χ4n) is 1.70. The molecular formula is C13H7Br3ClNO2. The molecular weight excluding hydrogens is 477 g/mol. The Kier molecular flexibility index (Phi) is 5.12. The van der Waals surface area contributed by atoms with Gasteiger partial charge in [0.2, 0.25) is 0 Å². The van der Waals surface area contributed by atoms with Gasteiger partial charge in [0.25, 0.3) is 0 Å². The maximum Gasteiger partial charge on any atom is 0.416 e. The van der Waals surface area contributed by atoms with Crippen molar-refractivity contribution >= 4 is 76.9 Å². The third-order valence-corrected chi connectivity index (χ3v) is 4.36. The van der Waals surface area contributed by atoms with Crippen molar-refractivity contribution in [3.8, 4) is 0 Å². The first-order valence-electron chi connectivity index (χ1n) is 5.33. The maximum atomic E-state index is 11.6. The Morgan fingerprint density at radius 1 is 1.10 bits per heavy atom. The summed E-state index contributed by atoms with van der Waals surface area (Å²) in [6.45, 7) is 0. The first kappa shape index (κ1) is 15.8. The first-order valence-corrected chi connectivity index (χ1v) is 8.09. The highest BCUT2D eigenvalue weighted by Gasteiger charge is 2.22. The van der Waals surface area contributed by atoms with E-state index in [1.807, 2.05) is 0 Å². The molecule has 2 rings (SSSR count). The lowest BCUT2D eigenvalue weighted by Gasteiger charge is -2.22. The van der Waals surface area contributed by atoms with Crippen molar-refractivity contribution < 1.29 is 9.90 Å². The lowest BCUT2D eigenvalue weighted by atomic mass is 10.2. The molecule has 0 atom stereocenters. The molecule has 0 heterocycles. The van der Waals surface area contributed by atoms with Crippen LogP contribution in [0.1, 0.15) is 0 Å². The van der Waals surface area contributed by atoms with E-state index in [0.717, 1.165) is 9.37 Å². The molecule has 0 aliphatic heterocycles. The number of rotatable bonds is 2. The van der Waals surface area contributed by atoms with E-state index < -0.39 is 6.09 Å². The van der Waals surface area contributed by atoms with E-state index in [1.54, 1.807) is 36.4 Å². The minimum atomic E-state index is -1.10. The van der Waals surface area contributed by atoms with Crippen molar-refractivity contribution in [3.05, 3.63) is 54.8 Å². The van der Waals surface area contributed by atoms with Gasteiger partial charge in [0.1, 0.15) is 0 Å². The molecule has 1 amide bonds. The number of anilines is 2. The number of halogens is 4. The number of nitrogens with zero attached hydrogens (tertiary/aromatic N) is 1. The Bertz CT molecular complexity index is 655. The first-order chi connectivity index (χ1) is 9.40. The second-order valence-electron chi connectivity index (χ2n) is 3.82. The fraction of sp³-hybridized carbons (Fsp3) is 0. The summed E-state index contributed by atoms with van der Waals surface area (Å²) >= 11 is 16.1. The zero-order chi connectivity index (χ0) is 14.9.